The topological polar surface area (TPSA) is 252 Å². The minimum atomic E-state index is -1.17. The van der Waals surface area contributed by atoms with Crippen molar-refractivity contribution in [2.45, 2.75) is 51.9 Å². The largest absolute Gasteiger partial charge is 0.465 e. The third-order valence-corrected chi connectivity index (χ3v) is 5.52. The smallest absolute Gasteiger partial charge is 0.407 e. The van der Waals surface area contributed by atoms with Gasteiger partial charge in [-0.25, -0.2) is 9.59 Å². The second-order valence-electron chi connectivity index (χ2n) is 8.94. The van der Waals surface area contributed by atoms with E-state index in [1.165, 1.54) is 19.2 Å². The van der Waals surface area contributed by atoms with Crippen LogP contribution in [-0.2, 0) is 27.5 Å². The van der Waals surface area contributed by atoms with Gasteiger partial charge in [-0.3, -0.25) is 14.4 Å². The summed E-state index contributed by atoms with van der Waals surface area (Å²) < 4.78 is 0. The number of benzene rings is 1. The maximum absolute atomic E-state index is 13.2. The molecular formula is C23H35N9O7. The lowest BCUT2D eigenvalue weighted by Crippen LogP contribution is -2.55. The van der Waals surface area contributed by atoms with E-state index in [-0.39, 0.29) is 38.5 Å². The van der Waals surface area contributed by atoms with Gasteiger partial charge in [0.1, 0.15) is 18.6 Å². The first-order chi connectivity index (χ1) is 18.4. The standard InChI is InChI=1S/C23H35N9O7/c1-13(2)19(30-18(34)10-27-31-25)21(36)29-17(5-4-8-26-22(24)37)20(35)28-16-7-6-14(12-33)15(9-16)11-32(3)23(38)39/h6-7,9,13,17,19,33H,4-5,8,10-12H2,1-3H3,(H,28,35)(H,29,36)(H,30,34)(H,38,39)(H3,24,26,37). The summed E-state index contributed by atoms with van der Waals surface area (Å²) in [6.07, 6.45) is -0.805. The molecule has 1 rings (SSSR count). The third-order valence-electron chi connectivity index (χ3n) is 5.52. The van der Waals surface area contributed by atoms with Gasteiger partial charge in [-0.05, 0) is 47.6 Å². The summed E-state index contributed by atoms with van der Waals surface area (Å²) >= 11 is 0. The van der Waals surface area contributed by atoms with Crippen LogP contribution in [0, 0.1) is 5.92 Å². The minimum absolute atomic E-state index is 0.0422. The van der Waals surface area contributed by atoms with Crippen LogP contribution in [0.1, 0.15) is 37.8 Å². The molecule has 0 spiro atoms. The molecule has 0 saturated heterocycles. The molecule has 16 nitrogen and oxygen atoms in total. The quantitative estimate of drug-likeness (QED) is 0.0709. The summed E-state index contributed by atoms with van der Waals surface area (Å²) in [4.78, 5) is 64.0. The van der Waals surface area contributed by atoms with Crippen LogP contribution in [0.25, 0.3) is 10.4 Å². The molecule has 8 N–H and O–H groups in total. The van der Waals surface area contributed by atoms with Gasteiger partial charge in [0.25, 0.3) is 0 Å². The second-order valence-corrected chi connectivity index (χ2v) is 8.94. The molecule has 0 fully saturated rings. The van der Waals surface area contributed by atoms with Crippen molar-refractivity contribution in [1.29, 1.82) is 0 Å². The number of aliphatic hydroxyl groups excluding tert-OH is 1. The lowest BCUT2D eigenvalue weighted by atomic mass is 10.0. The fraction of sp³-hybridized carbons (Fsp3) is 0.522. The summed E-state index contributed by atoms with van der Waals surface area (Å²) in [5, 5.41) is 32.1. The molecule has 2 atom stereocenters. The van der Waals surface area contributed by atoms with Crippen molar-refractivity contribution in [2.75, 3.05) is 25.5 Å². The van der Waals surface area contributed by atoms with E-state index in [4.69, 9.17) is 16.4 Å². The number of hydrogen-bond acceptors (Lipinski definition) is 7. The average molecular weight is 550 g/mol. The lowest BCUT2D eigenvalue weighted by Gasteiger charge is -2.25. The van der Waals surface area contributed by atoms with E-state index in [0.29, 0.717) is 16.8 Å². The van der Waals surface area contributed by atoms with Gasteiger partial charge in [0.2, 0.25) is 17.7 Å². The maximum Gasteiger partial charge on any atom is 0.407 e. The Kier molecular flexibility index (Phi) is 13.6. The van der Waals surface area contributed by atoms with Crippen molar-refractivity contribution in [1.82, 2.24) is 20.9 Å². The van der Waals surface area contributed by atoms with Gasteiger partial charge in [0, 0.05) is 30.7 Å². The number of rotatable bonds is 15. The number of nitrogens with two attached hydrogens (primary N) is 1. The molecule has 0 aromatic heterocycles. The second kappa shape index (κ2) is 16.3. The zero-order chi connectivity index (χ0) is 29.5. The van der Waals surface area contributed by atoms with Gasteiger partial charge >= 0.3 is 12.1 Å². The van der Waals surface area contributed by atoms with Gasteiger partial charge in [-0.1, -0.05) is 25.0 Å². The Morgan fingerprint density at radius 2 is 1.82 bits per heavy atom. The number of hydrogen-bond donors (Lipinski definition) is 7. The first kappa shape index (κ1) is 32.5. The predicted octanol–water partition coefficient (Wildman–Crippen LogP) is 0.612. The highest BCUT2D eigenvalue weighted by molar-refractivity contribution is 5.98. The highest BCUT2D eigenvalue weighted by Crippen LogP contribution is 2.19. The van der Waals surface area contributed by atoms with Crippen molar-refractivity contribution in [3.63, 3.8) is 0 Å². The fourth-order valence-electron chi connectivity index (χ4n) is 3.46. The molecule has 1 aromatic rings. The zero-order valence-electron chi connectivity index (χ0n) is 22.0. The Morgan fingerprint density at radius 3 is 2.38 bits per heavy atom. The van der Waals surface area contributed by atoms with E-state index in [1.54, 1.807) is 19.9 Å². The molecule has 0 heterocycles. The number of carbonyl (C=O) groups is 5. The number of azide groups is 1. The molecule has 0 aliphatic carbocycles. The summed E-state index contributed by atoms with van der Waals surface area (Å²) in [7, 11) is 1.36. The SMILES string of the molecule is CC(C)C(NC(=O)CN=[N+]=[N-])C(=O)NC(CCCNC(N)=O)C(=O)Nc1ccc(CO)c(CN(C)C(=O)O)c1. The Balaban J connectivity index is 3.12. The highest BCUT2D eigenvalue weighted by Gasteiger charge is 2.28. The van der Waals surface area contributed by atoms with E-state index in [1.807, 2.05) is 0 Å². The summed E-state index contributed by atoms with van der Waals surface area (Å²) in [6, 6.07) is 1.71. The third kappa shape index (κ3) is 11.6. The Hall–Kier alpha value is -4.56. The number of nitrogens with zero attached hydrogens (tertiary/aromatic N) is 4. The van der Waals surface area contributed by atoms with Crippen LogP contribution in [0.15, 0.2) is 23.3 Å². The van der Waals surface area contributed by atoms with Crippen molar-refractivity contribution in [2.24, 2.45) is 16.8 Å². The van der Waals surface area contributed by atoms with Crippen LogP contribution >= 0.6 is 0 Å². The molecule has 6 amide bonds. The molecule has 0 aliphatic heterocycles. The van der Waals surface area contributed by atoms with Crippen molar-refractivity contribution >= 4 is 35.5 Å². The van der Waals surface area contributed by atoms with E-state index in [9.17, 15) is 29.1 Å². The first-order valence-electron chi connectivity index (χ1n) is 12.0. The van der Waals surface area contributed by atoms with Crippen LogP contribution < -0.4 is 27.0 Å². The molecule has 1 aromatic carbocycles. The first-order valence-corrected chi connectivity index (χ1v) is 12.0. The van der Waals surface area contributed by atoms with Crippen LogP contribution in [0.5, 0.6) is 0 Å². The monoisotopic (exact) mass is 549 g/mol. The van der Waals surface area contributed by atoms with Crippen LogP contribution in [0.4, 0.5) is 15.3 Å². The van der Waals surface area contributed by atoms with Gasteiger partial charge < -0.3 is 42.1 Å². The molecule has 16 heteroatoms. The van der Waals surface area contributed by atoms with E-state index < -0.39 is 48.5 Å². The van der Waals surface area contributed by atoms with Gasteiger partial charge in [-0.2, -0.15) is 0 Å². The molecule has 2 unspecified atom stereocenters. The fourth-order valence-corrected chi connectivity index (χ4v) is 3.46. The lowest BCUT2D eigenvalue weighted by molar-refractivity contribution is -0.131. The van der Waals surface area contributed by atoms with Gasteiger partial charge in [0.15, 0.2) is 0 Å². The summed E-state index contributed by atoms with van der Waals surface area (Å²) in [6.45, 7) is 2.62. The van der Waals surface area contributed by atoms with Gasteiger partial charge in [0.05, 0.1) is 6.61 Å². The number of carboxylic acid groups (broad SMARTS) is 1. The van der Waals surface area contributed by atoms with Gasteiger partial charge in [-0.15, -0.1) is 0 Å². The van der Waals surface area contributed by atoms with E-state index in [2.05, 4.69) is 31.3 Å². The predicted molar refractivity (Wildman–Crippen MR) is 140 cm³/mol. The number of carbonyl (C=O) groups excluding carboxylic acids is 4. The van der Waals surface area contributed by atoms with E-state index in [0.717, 1.165) is 4.90 Å². The Morgan fingerprint density at radius 1 is 1.13 bits per heavy atom. The maximum atomic E-state index is 13.2. The molecule has 0 saturated carbocycles. The molecule has 0 radical (unpaired) electrons. The number of urea groups is 1. The van der Waals surface area contributed by atoms with Crippen LogP contribution in [0.3, 0.4) is 0 Å². The summed E-state index contributed by atoms with van der Waals surface area (Å²) in [5.41, 5.74) is 14.7. The molecular weight excluding hydrogens is 514 g/mol. The number of nitrogens with one attached hydrogen (secondary N) is 4. The Bertz CT molecular complexity index is 1090. The van der Waals surface area contributed by atoms with E-state index >= 15 is 0 Å². The van der Waals surface area contributed by atoms with Crippen LogP contribution in [0.2, 0.25) is 0 Å². The number of amides is 6. The van der Waals surface area contributed by atoms with Crippen molar-refractivity contribution < 1.29 is 34.2 Å². The minimum Gasteiger partial charge on any atom is -0.465 e. The number of anilines is 1. The van der Waals surface area contributed by atoms with Crippen LogP contribution in [-0.4, -0.2) is 77.2 Å². The molecule has 0 aliphatic rings. The normalized spacial score (nSPS) is 11.9. The number of aliphatic hydroxyl groups is 1. The van der Waals surface area contributed by atoms with Crippen molar-refractivity contribution in [3.05, 3.63) is 39.8 Å². The van der Waals surface area contributed by atoms with Crippen molar-refractivity contribution in [3.8, 4) is 0 Å². The summed E-state index contributed by atoms with van der Waals surface area (Å²) in [5.74, 6) is -2.31. The highest BCUT2D eigenvalue weighted by atomic mass is 16.4. The zero-order valence-corrected chi connectivity index (χ0v) is 22.0. The Labute approximate surface area is 224 Å². The molecule has 39 heavy (non-hydrogen) atoms. The average Bonchev–Trinajstić information content (AvgIpc) is 2.87. The molecule has 214 valence electrons. The number of primary amides is 1. The molecule has 0 bridgehead atoms.